The molecule has 0 radical (unpaired) electrons. The lowest BCUT2D eigenvalue weighted by Crippen LogP contribution is -2.39. The maximum atomic E-state index is 12.8. The second-order valence-corrected chi connectivity index (χ2v) is 9.77. The number of amides is 2. The zero-order valence-electron chi connectivity index (χ0n) is 22.1. The zero-order valence-corrected chi connectivity index (χ0v) is 22.1. The number of nitrogens with zero attached hydrogens (tertiary/aromatic N) is 1. The number of carbonyl (C=O) groups excluding carboxylic acids is 2. The molecule has 10 nitrogen and oxygen atoms in total. The third kappa shape index (κ3) is 8.74. The topological polar surface area (TPSA) is 124 Å². The van der Waals surface area contributed by atoms with Crippen molar-refractivity contribution in [2.45, 2.75) is 32.3 Å². The molecule has 10 heteroatoms. The van der Waals surface area contributed by atoms with Gasteiger partial charge in [0.1, 0.15) is 18.8 Å². The summed E-state index contributed by atoms with van der Waals surface area (Å²) in [6.07, 6.45) is -1.22. The summed E-state index contributed by atoms with van der Waals surface area (Å²) in [4.78, 5) is 36.7. The summed E-state index contributed by atoms with van der Waals surface area (Å²) in [5, 5.41) is 11.8. The molecule has 206 valence electrons. The molecule has 0 bridgehead atoms. The number of ether oxygens (including phenoxy) is 4. The van der Waals surface area contributed by atoms with Crippen LogP contribution < -0.4 is 5.32 Å². The molecule has 0 fully saturated rings. The highest BCUT2D eigenvalue weighted by atomic mass is 16.6. The number of carbonyl (C=O) groups is 3. The van der Waals surface area contributed by atoms with E-state index in [1.807, 2.05) is 48.5 Å². The number of hydrogen-bond acceptors (Lipinski definition) is 7. The van der Waals surface area contributed by atoms with Gasteiger partial charge in [0.15, 0.2) is 0 Å². The largest absolute Gasteiger partial charge is 0.480 e. The van der Waals surface area contributed by atoms with E-state index in [-0.39, 0.29) is 45.5 Å². The highest BCUT2D eigenvalue weighted by Crippen LogP contribution is 2.44. The van der Waals surface area contributed by atoms with Gasteiger partial charge in [-0.2, -0.15) is 0 Å². The van der Waals surface area contributed by atoms with Gasteiger partial charge in [0.25, 0.3) is 0 Å². The van der Waals surface area contributed by atoms with E-state index in [4.69, 9.17) is 18.9 Å². The van der Waals surface area contributed by atoms with Crippen LogP contribution in [0.3, 0.4) is 0 Å². The number of alkyl carbamates (subject to hydrolysis) is 1. The lowest BCUT2D eigenvalue weighted by atomic mass is 9.98. The molecule has 2 amide bonds. The van der Waals surface area contributed by atoms with Crippen LogP contribution in [0.15, 0.2) is 48.5 Å². The Balaban J connectivity index is 1.38. The number of carboxylic acids is 1. The first kappa shape index (κ1) is 28.9. The van der Waals surface area contributed by atoms with Crippen LogP contribution in [0, 0.1) is 0 Å². The van der Waals surface area contributed by atoms with Gasteiger partial charge in [0.05, 0.1) is 26.4 Å². The maximum absolute atomic E-state index is 12.8. The highest BCUT2D eigenvalue weighted by molar-refractivity contribution is 5.79. The second-order valence-electron chi connectivity index (χ2n) is 9.77. The minimum atomic E-state index is -1.14. The average molecular weight is 529 g/mol. The molecule has 0 saturated heterocycles. The van der Waals surface area contributed by atoms with E-state index in [0.717, 1.165) is 27.2 Å². The standard InChI is InChI=1S/C28H36N2O8/c1-28(2,3)38-26(33)29-12-14-35-16-17-36-15-13-30(18-25(31)32)27(34)37-19-24-22-10-6-4-8-20(22)21-9-5-7-11-23(21)24/h4-11,24H,12-19H2,1-3H3,(H,29,33)(H,31,32). The van der Waals surface area contributed by atoms with Crippen molar-refractivity contribution in [3.63, 3.8) is 0 Å². The minimum Gasteiger partial charge on any atom is -0.480 e. The average Bonchev–Trinajstić information content (AvgIpc) is 3.18. The number of aliphatic carboxylic acids is 1. The highest BCUT2D eigenvalue weighted by Gasteiger charge is 2.30. The Morgan fingerprint density at radius 1 is 0.895 bits per heavy atom. The van der Waals surface area contributed by atoms with Crippen molar-refractivity contribution in [3.8, 4) is 11.1 Å². The van der Waals surface area contributed by atoms with Crippen molar-refractivity contribution in [2.24, 2.45) is 0 Å². The molecule has 2 aromatic rings. The maximum Gasteiger partial charge on any atom is 0.410 e. The number of fused-ring (bicyclic) bond motifs is 3. The number of nitrogens with one attached hydrogen (secondary N) is 1. The molecule has 38 heavy (non-hydrogen) atoms. The van der Waals surface area contributed by atoms with Crippen LogP contribution in [0.4, 0.5) is 9.59 Å². The molecule has 1 aliphatic rings. The van der Waals surface area contributed by atoms with Crippen molar-refractivity contribution in [2.75, 3.05) is 52.7 Å². The molecule has 0 unspecified atom stereocenters. The SMILES string of the molecule is CC(C)(C)OC(=O)NCCOCCOCCN(CC(=O)O)C(=O)OCC1c2ccccc2-c2ccccc21. The fourth-order valence-corrected chi connectivity index (χ4v) is 4.12. The van der Waals surface area contributed by atoms with E-state index in [1.165, 1.54) is 0 Å². The van der Waals surface area contributed by atoms with E-state index >= 15 is 0 Å². The van der Waals surface area contributed by atoms with Gasteiger partial charge in [-0.1, -0.05) is 48.5 Å². The third-order valence-corrected chi connectivity index (χ3v) is 5.71. The smallest absolute Gasteiger partial charge is 0.410 e. The van der Waals surface area contributed by atoms with Gasteiger partial charge in [0, 0.05) is 19.0 Å². The number of carboxylic acid groups (broad SMARTS) is 1. The molecule has 0 aromatic heterocycles. The molecule has 0 atom stereocenters. The first-order valence-corrected chi connectivity index (χ1v) is 12.6. The summed E-state index contributed by atoms with van der Waals surface area (Å²) in [6.45, 7) is 6.25. The lowest BCUT2D eigenvalue weighted by molar-refractivity contribution is -0.138. The Hall–Kier alpha value is -3.63. The summed E-state index contributed by atoms with van der Waals surface area (Å²) >= 11 is 0. The van der Waals surface area contributed by atoms with Gasteiger partial charge in [-0.15, -0.1) is 0 Å². The Labute approximate surface area is 222 Å². The van der Waals surface area contributed by atoms with Crippen LogP contribution in [0.2, 0.25) is 0 Å². The molecule has 0 heterocycles. The van der Waals surface area contributed by atoms with E-state index in [0.29, 0.717) is 6.54 Å². The molecule has 2 aromatic carbocycles. The van der Waals surface area contributed by atoms with Crippen molar-refractivity contribution < 1.29 is 38.4 Å². The van der Waals surface area contributed by atoms with Crippen molar-refractivity contribution in [1.29, 1.82) is 0 Å². The summed E-state index contributed by atoms with van der Waals surface area (Å²) in [6, 6.07) is 16.0. The Bertz CT molecular complexity index is 1050. The van der Waals surface area contributed by atoms with Crippen molar-refractivity contribution in [1.82, 2.24) is 10.2 Å². The van der Waals surface area contributed by atoms with Gasteiger partial charge in [-0.05, 0) is 43.0 Å². The number of rotatable bonds is 13. The molecule has 1 aliphatic carbocycles. The van der Waals surface area contributed by atoms with Gasteiger partial charge in [0.2, 0.25) is 0 Å². The van der Waals surface area contributed by atoms with Crippen LogP contribution in [-0.4, -0.2) is 86.4 Å². The van der Waals surface area contributed by atoms with Crippen LogP contribution in [0.1, 0.15) is 37.8 Å². The fraction of sp³-hybridized carbons (Fsp3) is 0.464. The van der Waals surface area contributed by atoms with E-state index in [2.05, 4.69) is 5.32 Å². The number of hydrogen-bond donors (Lipinski definition) is 2. The molecular weight excluding hydrogens is 492 g/mol. The fourth-order valence-electron chi connectivity index (χ4n) is 4.12. The Morgan fingerprint density at radius 3 is 2.05 bits per heavy atom. The van der Waals surface area contributed by atoms with Crippen molar-refractivity contribution in [3.05, 3.63) is 59.7 Å². The van der Waals surface area contributed by atoms with Gasteiger partial charge < -0.3 is 29.4 Å². The monoisotopic (exact) mass is 528 g/mol. The van der Waals surface area contributed by atoms with Crippen LogP contribution in [0.25, 0.3) is 11.1 Å². The van der Waals surface area contributed by atoms with Crippen LogP contribution in [-0.2, 0) is 23.7 Å². The second kappa shape index (κ2) is 13.8. The molecule has 0 spiro atoms. The predicted octanol–water partition coefficient (Wildman–Crippen LogP) is 3.88. The molecule has 0 saturated carbocycles. The molecular formula is C28H36N2O8. The van der Waals surface area contributed by atoms with Crippen molar-refractivity contribution >= 4 is 18.2 Å². The normalized spacial score (nSPS) is 12.4. The lowest BCUT2D eigenvalue weighted by Gasteiger charge is -2.22. The Morgan fingerprint density at radius 2 is 1.47 bits per heavy atom. The van der Waals surface area contributed by atoms with E-state index in [9.17, 15) is 19.5 Å². The first-order chi connectivity index (χ1) is 18.2. The van der Waals surface area contributed by atoms with Gasteiger partial charge in [-0.3, -0.25) is 9.69 Å². The summed E-state index contributed by atoms with van der Waals surface area (Å²) in [5.74, 6) is -1.25. The van der Waals surface area contributed by atoms with Gasteiger partial charge in [-0.25, -0.2) is 9.59 Å². The number of benzene rings is 2. The first-order valence-electron chi connectivity index (χ1n) is 12.6. The molecule has 0 aliphatic heterocycles. The van der Waals surface area contributed by atoms with Crippen LogP contribution >= 0.6 is 0 Å². The summed E-state index contributed by atoms with van der Waals surface area (Å²) < 4.78 is 21.6. The van der Waals surface area contributed by atoms with E-state index < -0.39 is 30.3 Å². The van der Waals surface area contributed by atoms with E-state index in [1.54, 1.807) is 20.8 Å². The zero-order chi connectivity index (χ0) is 27.5. The third-order valence-electron chi connectivity index (χ3n) is 5.71. The Kier molecular flexibility index (Phi) is 10.5. The molecule has 3 rings (SSSR count). The quantitative estimate of drug-likeness (QED) is 0.376. The summed E-state index contributed by atoms with van der Waals surface area (Å²) in [5.41, 5.74) is 3.82. The van der Waals surface area contributed by atoms with Crippen LogP contribution in [0.5, 0.6) is 0 Å². The summed E-state index contributed by atoms with van der Waals surface area (Å²) in [7, 11) is 0. The predicted molar refractivity (Wildman–Crippen MR) is 140 cm³/mol. The minimum absolute atomic E-state index is 0.0587. The molecule has 2 N–H and O–H groups in total. The van der Waals surface area contributed by atoms with Gasteiger partial charge >= 0.3 is 18.2 Å².